The average molecular weight is 285 g/mol. The van der Waals surface area contributed by atoms with Gasteiger partial charge in [-0.25, -0.2) is 0 Å². The molecule has 2 unspecified atom stereocenters. The number of rotatable bonds is 7. The number of nitrogens with one attached hydrogen (secondary N) is 3. The molecule has 1 rings (SSSR count). The summed E-state index contributed by atoms with van der Waals surface area (Å²) in [5.74, 6) is -0.882. The van der Waals surface area contributed by atoms with E-state index in [1.54, 1.807) is 0 Å². The van der Waals surface area contributed by atoms with Crippen molar-refractivity contribution in [2.24, 2.45) is 11.8 Å². The first-order chi connectivity index (χ1) is 9.38. The number of piperazine rings is 1. The Balaban J connectivity index is 2.39. The Hall–Kier alpha value is -1.63. The van der Waals surface area contributed by atoms with Crippen molar-refractivity contribution < 1.29 is 19.5 Å². The van der Waals surface area contributed by atoms with Crippen LogP contribution in [0.4, 0.5) is 0 Å². The molecule has 0 radical (unpaired) electrons. The monoisotopic (exact) mass is 285 g/mol. The van der Waals surface area contributed by atoms with E-state index >= 15 is 0 Å². The van der Waals surface area contributed by atoms with Gasteiger partial charge in [0.25, 0.3) is 0 Å². The number of hydrogen-bond acceptors (Lipinski definition) is 4. The van der Waals surface area contributed by atoms with Gasteiger partial charge in [0, 0.05) is 19.5 Å². The molecule has 1 aliphatic rings. The van der Waals surface area contributed by atoms with Gasteiger partial charge in [-0.15, -0.1) is 0 Å². The third kappa shape index (κ3) is 6.01. The van der Waals surface area contributed by atoms with Crippen LogP contribution in [0.15, 0.2) is 0 Å². The quantitative estimate of drug-likeness (QED) is 0.496. The number of amides is 2. The largest absolute Gasteiger partial charge is 0.481 e. The predicted molar refractivity (Wildman–Crippen MR) is 73.0 cm³/mol. The van der Waals surface area contributed by atoms with Gasteiger partial charge in [0.1, 0.15) is 6.04 Å². The molecule has 20 heavy (non-hydrogen) atoms. The first-order valence-electron chi connectivity index (χ1n) is 6.88. The van der Waals surface area contributed by atoms with Gasteiger partial charge in [-0.3, -0.25) is 19.7 Å². The first kappa shape index (κ1) is 16.4. The summed E-state index contributed by atoms with van der Waals surface area (Å²) in [6.07, 6.45) is 0.800. The van der Waals surface area contributed by atoms with Crippen LogP contribution in [0.25, 0.3) is 0 Å². The minimum Gasteiger partial charge on any atom is -0.481 e. The Morgan fingerprint density at radius 1 is 1.45 bits per heavy atom. The summed E-state index contributed by atoms with van der Waals surface area (Å²) >= 11 is 0. The summed E-state index contributed by atoms with van der Waals surface area (Å²) < 4.78 is 0. The van der Waals surface area contributed by atoms with Gasteiger partial charge in [0.15, 0.2) is 0 Å². The summed E-state index contributed by atoms with van der Waals surface area (Å²) in [5.41, 5.74) is 0. The van der Waals surface area contributed by atoms with Crippen molar-refractivity contribution in [3.63, 3.8) is 0 Å². The number of carbonyl (C=O) groups is 3. The summed E-state index contributed by atoms with van der Waals surface area (Å²) in [5, 5.41) is 17.1. The van der Waals surface area contributed by atoms with Crippen molar-refractivity contribution >= 4 is 17.8 Å². The third-order valence-corrected chi connectivity index (χ3v) is 3.16. The molecular formula is C13H23N3O4. The van der Waals surface area contributed by atoms with E-state index in [1.807, 2.05) is 13.8 Å². The zero-order valence-electron chi connectivity index (χ0n) is 11.9. The Bertz CT molecular complexity index is 361. The molecule has 0 saturated carbocycles. The lowest BCUT2D eigenvalue weighted by Gasteiger charge is -2.24. The highest BCUT2D eigenvalue weighted by Crippen LogP contribution is 2.14. The van der Waals surface area contributed by atoms with E-state index in [0.717, 1.165) is 6.42 Å². The van der Waals surface area contributed by atoms with E-state index in [2.05, 4.69) is 16.0 Å². The highest BCUT2D eigenvalue weighted by atomic mass is 16.4. The summed E-state index contributed by atoms with van der Waals surface area (Å²) in [6, 6.07) is -0.447. The maximum Gasteiger partial charge on any atom is 0.303 e. The van der Waals surface area contributed by atoms with Gasteiger partial charge >= 0.3 is 5.97 Å². The molecule has 1 heterocycles. The second-order valence-electron chi connectivity index (χ2n) is 5.58. The van der Waals surface area contributed by atoms with Crippen LogP contribution >= 0.6 is 0 Å². The third-order valence-electron chi connectivity index (χ3n) is 3.16. The molecule has 7 nitrogen and oxygen atoms in total. The number of aliphatic carboxylic acids is 1. The zero-order valence-corrected chi connectivity index (χ0v) is 11.9. The molecule has 0 aromatic carbocycles. The lowest BCUT2D eigenvalue weighted by Crippen LogP contribution is -2.58. The molecule has 0 aromatic rings. The smallest absolute Gasteiger partial charge is 0.303 e. The minimum absolute atomic E-state index is 0.0489. The molecule has 2 atom stereocenters. The maximum absolute atomic E-state index is 11.9. The van der Waals surface area contributed by atoms with E-state index in [0.29, 0.717) is 12.5 Å². The first-order valence-corrected chi connectivity index (χ1v) is 6.88. The molecule has 1 fully saturated rings. The fraction of sp³-hybridized carbons (Fsp3) is 0.769. The van der Waals surface area contributed by atoms with Crippen LogP contribution in [0.3, 0.4) is 0 Å². The second-order valence-corrected chi connectivity index (χ2v) is 5.58. The molecule has 1 saturated heterocycles. The van der Waals surface area contributed by atoms with Crippen LogP contribution in [0, 0.1) is 11.8 Å². The summed E-state index contributed by atoms with van der Waals surface area (Å²) in [4.78, 5) is 33.7. The Morgan fingerprint density at radius 3 is 2.65 bits per heavy atom. The van der Waals surface area contributed by atoms with Crippen LogP contribution in [0.2, 0.25) is 0 Å². The lowest BCUT2D eigenvalue weighted by molar-refractivity contribution is -0.138. The Morgan fingerprint density at radius 2 is 2.15 bits per heavy atom. The molecular weight excluding hydrogens is 262 g/mol. The lowest BCUT2D eigenvalue weighted by atomic mass is 9.94. The minimum atomic E-state index is -0.854. The van der Waals surface area contributed by atoms with E-state index in [-0.39, 0.29) is 37.2 Å². The van der Waals surface area contributed by atoms with E-state index in [4.69, 9.17) is 5.11 Å². The molecule has 7 heteroatoms. The van der Waals surface area contributed by atoms with Crippen molar-refractivity contribution in [2.75, 3.05) is 19.6 Å². The predicted octanol–water partition coefficient (Wildman–Crippen LogP) is -0.672. The Labute approximate surface area is 118 Å². The highest BCUT2D eigenvalue weighted by Gasteiger charge is 2.24. The van der Waals surface area contributed by atoms with Crippen molar-refractivity contribution in [1.29, 1.82) is 0 Å². The Kier molecular flexibility index (Phi) is 6.44. The van der Waals surface area contributed by atoms with Gasteiger partial charge in [-0.2, -0.15) is 0 Å². The molecule has 4 N–H and O–H groups in total. The van der Waals surface area contributed by atoms with Gasteiger partial charge in [0.2, 0.25) is 11.8 Å². The van der Waals surface area contributed by atoms with E-state index < -0.39 is 12.0 Å². The van der Waals surface area contributed by atoms with E-state index in [9.17, 15) is 14.4 Å². The van der Waals surface area contributed by atoms with Crippen molar-refractivity contribution in [3.05, 3.63) is 0 Å². The number of carboxylic acid groups (broad SMARTS) is 1. The number of carbonyl (C=O) groups excluding carboxylic acids is 2. The van der Waals surface area contributed by atoms with Crippen molar-refractivity contribution in [3.8, 4) is 0 Å². The van der Waals surface area contributed by atoms with Crippen LogP contribution in [-0.2, 0) is 14.4 Å². The molecule has 0 spiro atoms. The highest BCUT2D eigenvalue weighted by molar-refractivity contribution is 5.86. The average Bonchev–Trinajstić information content (AvgIpc) is 2.35. The number of carboxylic acids is 1. The van der Waals surface area contributed by atoms with Crippen molar-refractivity contribution in [1.82, 2.24) is 16.0 Å². The maximum atomic E-state index is 11.9. The summed E-state index contributed by atoms with van der Waals surface area (Å²) in [7, 11) is 0. The second kappa shape index (κ2) is 7.84. The zero-order chi connectivity index (χ0) is 15.1. The number of hydrogen-bond donors (Lipinski definition) is 4. The molecule has 0 aromatic heterocycles. The van der Waals surface area contributed by atoms with Crippen LogP contribution in [-0.4, -0.2) is 48.6 Å². The van der Waals surface area contributed by atoms with Gasteiger partial charge in [-0.1, -0.05) is 13.8 Å². The van der Waals surface area contributed by atoms with Gasteiger partial charge in [-0.05, 0) is 18.3 Å². The SMILES string of the molecule is CC(C)CC(CNC(=O)C1CNC(=O)CN1)CC(=O)O. The van der Waals surface area contributed by atoms with Crippen LogP contribution in [0.5, 0.6) is 0 Å². The van der Waals surface area contributed by atoms with E-state index in [1.165, 1.54) is 0 Å². The summed E-state index contributed by atoms with van der Waals surface area (Å²) in [6.45, 7) is 4.78. The van der Waals surface area contributed by atoms with Crippen molar-refractivity contribution in [2.45, 2.75) is 32.7 Å². The topological polar surface area (TPSA) is 108 Å². The molecule has 0 bridgehead atoms. The normalized spacial score (nSPS) is 20.4. The fourth-order valence-electron chi connectivity index (χ4n) is 2.27. The fourth-order valence-corrected chi connectivity index (χ4v) is 2.27. The van der Waals surface area contributed by atoms with Gasteiger partial charge < -0.3 is 15.7 Å². The van der Waals surface area contributed by atoms with Crippen LogP contribution < -0.4 is 16.0 Å². The molecule has 0 aliphatic carbocycles. The van der Waals surface area contributed by atoms with Gasteiger partial charge in [0.05, 0.1) is 6.54 Å². The van der Waals surface area contributed by atoms with Crippen LogP contribution in [0.1, 0.15) is 26.7 Å². The molecule has 1 aliphatic heterocycles. The molecule has 114 valence electrons. The standard InChI is InChI=1S/C13H23N3O4/c1-8(2)3-9(4-12(18)19)5-16-13(20)10-6-15-11(17)7-14-10/h8-10,14H,3-7H2,1-2H3,(H,15,17)(H,16,20)(H,18,19). The molecule has 2 amide bonds.